The molecule has 0 aliphatic carbocycles. The number of nitrogen functional groups attached to an aromatic ring is 1. The molecule has 0 fully saturated rings. The first kappa shape index (κ1) is 19.2. The van der Waals surface area contributed by atoms with Crippen LogP contribution in [-0.2, 0) is 0 Å². The highest BCUT2D eigenvalue weighted by atomic mass is 35.5. The van der Waals surface area contributed by atoms with Crippen molar-refractivity contribution in [3.8, 4) is 5.69 Å². The number of rotatable bonds is 5. The predicted octanol–water partition coefficient (Wildman–Crippen LogP) is 4.59. The van der Waals surface area contributed by atoms with Crippen molar-refractivity contribution < 1.29 is 4.79 Å². The Balaban J connectivity index is 1.92. The summed E-state index contributed by atoms with van der Waals surface area (Å²) in [6.45, 7) is 4.81. The van der Waals surface area contributed by atoms with Crippen LogP contribution in [0.1, 0.15) is 30.6 Å². The van der Waals surface area contributed by atoms with E-state index in [0.29, 0.717) is 45.5 Å². The number of benzene rings is 2. The molecule has 0 bridgehead atoms. The number of amides is 1. The maximum Gasteiger partial charge on any atom is 0.257 e. The van der Waals surface area contributed by atoms with E-state index in [2.05, 4.69) is 19.2 Å². The maximum atomic E-state index is 13.0. The molecule has 29 heavy (non-hydrogen) atoms. The standard InChI is InChI=1S/C22H22ClN5O/c1-13(2)11-12-25-22(29)18-19-21(27-17-6-4-3-5-16(17)26-19)28(20(18)24)15-9-7-14(23)8-10-15/h3-10,13H,11-12,24H2,1-2H3,(H,25,29). The summed E-state index contributed by atoms with van der Waals surface area (Å²) in [5.74, 6) is 0.553. The summed E-state index contributed by atoms with van der Waals surface area (Å²) in [5, 5.41) is 3.58. The van der Waals surface area contributed by atoms with E-state index < -0.39 is 0 Å². The number of nitrogens with zero attached hydrogens (tertiary/aromatic N) is 3. The van der Waals surface area contributed by atoms with Crippen molar-refractivity contribution in [2.75, 3.05) is 12.3 Å². The van der Waals surface area contributed by atoms with Gasteiger partial charge < -0.3 is 11.1 Å². The molecule has 0 saturated heterocycles. The monoisotopic (exact) mass is 407 g/mol. The molecule has 3 N–H and O–H groups in total. The van der Waals surface area contributed by atoms with Crippen molar-refractivity contribution in [1.29, 1.82) is 0 Å². The number of hydrogen-bond donors (Lipinski definition) is 2. The third kappa shape index (κ3) is 3.63. The molecule has 2 aromatic heterocycles. The minimum Gasteiger partial charge on any atom is -0.384 e. The van der Waals surface area contributed by atoms with Crippen LogP contribution in [0.15, 0.2) is 48.5 Å². The van der Waals surface area contributed by atoms with Crippen LogP contribution in [-0.4, -0.2) is 27.0 Å². The lowest BCUT2D eigenvalue weighted by molar-refractivity contribution is 0.0954. The van der Waals surface area contributed by atoms with E-state index >= 15 is 0 Å². The molecule has 0 aliphatic heterocycles. The van der Waals surface area contributed by atoms with Gasteiger partial charge in [-0.15, -0.1) is 0 Å². The van der Waals surface area contributed by atoms with E-state index in [1.54, 1.807) is 16.7 Å². The molecule has 0 radical (unpaired) electrons. The Bertz CT molecular complexity index is 1200. The topological polar surface area (TPSA) is 85.8 Å². The lowest BCUT2D eigenvalue weighted by Crippen LogP contribution is -2.26. The largest absolute Gasteiger partial charge is 0.384 e. The fourth-order valence-corrected chi connectivity index (χ4v) is 3.43. The second-order valence-corrected chi connectivity index (χ2v) is 7.83. The van der Waals surface area contributed by atoms with Crippen molar-refractivity contribution >= 4 is 45.5 Å². The van der Waals surface area contributed by atoms with Gasteiger partial charge in [-0.3, -0.25) is 9.36 Å². The van der Waals surface area contributed by atoms with Gasteiger partial charge in [-0.1, -0.05) is 37.6 Å². The zero-order chi connectivity index (χ0) is 20.5. The molecule has 6 nitrogen and oxygen atoms in total. The van der Waals surface area contributed by atoms with Gasteiger partial charge in [0.15, 0.2) is 5.65 Å². The van der Waals surface area contributed by atoms with Gasteiger partial charge >= 0.3 is 0 Å². The zero-order valence-electron chi connectivity index (χ0n) is 16.3. The highest BCUT2D eigenvalue weighted by molar-refractivity contribution is 6.30. The summed E-state index contributed by atoms with van der Waals surface area (Å²) < 4.78 is 1.75. The summed E-state index contributed by atoms with van der Waals surface area (Å²) >= 11 is 6.04. The van der Waals surface area contributed by atoms with Crippen LogP contribution in [0.2, 0.25) is 5.02 Å². The Morgan fingerprint density at radius 3 is 2.41 bits per heavy atom. The van der Waals surface area contributed by atoms with Crippen molar-refractivity contribution in [3.05, 3.63) is 59.1 Å². The van der Waals surface area contributed by atoms with Crippen molar-refractivity contribution in [2.45, 2.75) is 20.3 Å². The molecule has 0 saturated carbocycles. The summed E-state index contributed by atoms with van der Waals surface area (Å²) in [7, 11) is 0. The summed E-state index contributed by atoms with van der Waals surface area (Å²) in [5.41, 5.74) is 10.1. The number of carbonyl (C=O) groups excluding carboxylic acids is 1. The van der Waals surface area contributed by atoms with E-state index in [9.17, 15) is 4.79 Å². The number of fused-ring (bicyclic) bond motifs is 2. The molecule has 2 heterocycles. The molecule has 148 valence electrons. The first-order valence-electron chi connectivity index (χ1n) is 9.56. The number of para-hydroxylation sites is 2. The lowest BCUT2D eigenvalue weighted by Gasteiger charge is -2.09. The summed E-state index contributed by atoms with van der Waals surface area (Å²) in [6.07, 6.45) is 0.885. The average Bonchev–Trinajstić information content (AvgIpc) is 2.97. The highest BCUT2D eigenvalue weighted by Gasteiger charge is 2.24. The molecular formula is C22H22ClN5O. The smallest absolute Gasteiger partial charge is 0.257 e. The van der Waals surface area contributed by atoms with Gasteiger partial charge in [-0.2, -0.15) is 0 Å². The Morgan fingerprint density at radius 1 is 1.10 bits per heavy atom. The summed E-state index contributed by atoms with van der Waals surface area (Å²) in [6, 6.07) is 14.8. The van der Waals surface area contributed by atoms with Gasteiger partial charge in [-0.05, 0) is 48.7 Å². The molecule has 4 aromatic rings. The van der Waals surface area contributed by atoms with Crippen LogP contribution in [0.4, 0.5) is 5.82 Å². The number of halogens is 1. The Morgan fingerprint density at radius 2 is 1.76 bits per heavy atom. The molecule has 0 spiro atoms. The van der Waals surface area contributed by atoms with Gasteiger partial charge in [0.1, 0.15) is 16.9 Å². The fourth-order valence-electron chi connectivity index (χ4n) is 3.30. The van der Waals surface area contributed by atoms with E-state index in [-0.39, 0.29) is 5.91 Å². The van der Waals surface area contributed by atoms with Crippen LogP contribution >= 0.6 is 11.6 Å². The molecule has 4 rings (SSSR count). The predicted molar refractivity (Wildman–Crippen MR) is 118 cm³/mol. The molecule has 0 aliphatic rings. The zero-order valence-corrected chi connectivity index (χ0v) is 17.1. The normalized spacial score (nSPS) is 11.4. The minimum atomic E-state index is -0.245. The number of nitrogens with one attached hydrogen (secondary N) is 1. The van der Waals surface area contributed by atoms with Crippen LogP contribution < -0.4 is 11.1 Å². The van der Waals surface area contributed by atoms with Gasteiger partial charge in [0.25, 0.3) is 5.91 Å². The van der Waals surface area contributed by atoms with E-state index in [4.69, 9.17) is 27.3 Å². The van der Waals surface area contributed by atoms with Crippen molar-refractivity contribution in [1.82, 2.24) is 19.9 Å². The first-order valence-corrected chi connectivity index (χ1v) is 9.94. The van der Waals surface area contributed by atoms with Crippen LogP contribution in [0.5, 0.6) is 0 Å². The fraction of sp³-hybridized carbons (Fsp3) is 0.227. The molecular weight excluding hydrogens is 386 g/mol. The average molecular weight is 408 g/mol. The van der Waals surface area contributed by atoms with E-state index in [1.807, 2.05) is 36.4 Å². The number of nitrogens with two attached hydrogens (primary N) is 1. The number of anilines is 1. The lowest BCUT2D eigenvalue weighted by atomic mass is 10.1. The number of hydrogen-bond acceptors (Lipinski definition) is 4. The molecule has 0 atom stereocenters. The van der Waals surface area contributed by atoms with Crippen LogP contribution in [0.25, 0.3) is 27.9 Å². The van der Waals surface area contributed by atoms with Crippen LogP contribution in [0, 0.1) is 5.92 Å². The molecule has 0 unspecified atom stereocenters. The Labute approximate surface area is 173 Å². The quantitative estimate of drug-likeness (QED) is 0.506. The maximum absolute atomic E-state index is 13.0. The SMILES string of the molecule is CC(C)CCNC(=O)c1c(N)n(-c2ccc(Cl)cc2)c2nc3ccccc3nc12. The van der Waals surface area contributed by atoms with Gasteiger partial charge in [-0.25, -0.2) is 9.97 Å². The van der Waals surface area contributed by atoms with Crippen molar-refractivity contribution in [3.63, 3.8) is 0 Å². The van der Waals surface area contributed by atoms with Crippen molar-refractivity contribution in [2.24, 2.45) is 5.92 Å². The molecule has 1 amide bonds. The minimum absolute atomic E-state index is 0.245. The van der Waals surface area contributed by atoms with Gasteiger partial charge in [0, 0.05) is 17.3 Å². The number of carbonyl (C=O) groups is 1. The second-order valence-electron chi connectivity index (χ2n) is 7.40. The molecule has 2 aromatic carbocycles. The highest BCUT2D eigenvalue weighted by Crippen LogP contribution is 2.31. The number of aromatic nitrogens is 3. The summed E-state index contributed by atoms with van der Waals surface area (Å²) in [4.78, 5) is 22.5. The van der Waals surface area contributed by atoms with Gasteiger partial charge in [0.05, 0.1) is 11.0 Å². The van der Waals surface area contributed by atoms with E-state index in [0.717, 1.165) is 17.6 Å². The second kappa shape index (κ2) is 7.72. The molecule has 7 heteroatoms. The third-order valence-corrected chi connectivity index (χ3v) is 5.07. The van der Waals surface area contributed by atoms with E-state index in [1.165, 1.54) is 0 Å². The van der Waals surface area contributed by atoms with Gasteiger partial charge in [0.2, 0.25) is 0 Å². The third-order valence-electron chi connectivity index (χ3n) is 4.82. The first-order chi connectivity index (χ1) is 14.0. The van der Waals surface area contributed by atoms with Crippen LogP contribution in [0.3, 0.4) is 0 Å². The Hall–Kier alpha value is -3.12. The Kier molecular flexibility index (Phi) is 5.11.